The standard InChI is InChI=1S/C21H16O11/c1-6-12-7(4-9(22)13(6)19(29)32-2)3-8-14(15(12)25)18(28)20(30)11(24)5-10(23)17(27)21(20,31)16(8)26/h3-5,17,22,24-25,27,30-31H,1-2H3. The van der Waals surface area contributed by atoms with Crippen molar-refractivity contribution in [2.45, 2.75) is 24.2 Å². The highest BCUT2D eigenvalue weighted by molar-refractivity contribution is 6.29. The number of phenolic OH excluding ortho intramolecular Hbond substituents is 2. The number of Topliss-reactive ketones (excluding diaryl/α,β-unsaturated/α-hetero) is 2. The van der Waals surface area contributed by atoms with Crippen molar-refractivity contribution in [3.8, 4) is 11.5 Å². The number of aryl methyl sites for hydroxylation is 1. The van der Waals surface area contributed by atoms with Crippen molar-refractivity contribution in [2.75, 3.05) is 7.11 Å². The summed E-state index contributed by atoms with van der Waals surface area (Å²) in [6.07, 6.45) is -2.30. The number of hydrogen-bond acceptors (Lipinski definition) is 11. The summed E-state index contributed by atoms with van der Waals surface area (Å²) in [5.41, 5.74) is -8.80. The number of aliphatic hydroxyl groups is 4. The van der Waals surface area contributed by atoms with E-state index in [9.17, 15) is 49.8 Å². The minimum atomic E-state index is -3.48. The molecule has 0 amide bonds. The van der Waals surface area contributed by atoms with E-state index in [0.717, 1.165) is 19.2 Å². The van der Waals surface area contributed by atoms with E-state index in [0.29, 0.717) is 6.08 Å². The van der Waals surface area contributed by atoms with Gasteiger partial charge in [0.25, 0.3) is 0 Å². The Morgan fingerprint density at radius 3 is 2.28 bits per heavy atom. The van der Waals surface area contributed by atoms with E-state index >= 15 is 0 Å². The SMILES string of the molecule is COC(=O)c1c(O)cc2cc3c(c(O)c2c1C)C(=O)C1(O)C(O)=CC(=O)C(O)C1(O)C3=O. The molecule has 2 aliphatic rings. The highest BCUT2D eigenvalue weighted by atomic mass is 16.5. The summed E-state index contributed by atoms with van der Waals surface area (Å²) in [7, 11) is 1.06. The van der Waals surface area contributed by atoms with Crippen molar-refractivity contribution >= 4 is 34.1 Å². The number of methoxy groups -OCH3 is 1. The second-order valence-electron chi connectivity index (χ2n) is 7.60. The van der Waals surface area contributed by atoms with Crippen molar-refractivity contribution < 1.29 is 54.6 Å². The Labute approximate surface area is 178 Å². The number of carbonyl (C=O) groups is 4. The van der Waals surface area contributed by atoms with Crippen LogP contribution in [0.25, 0.3) is 10.8 Å². The number of esters is 1. The minimum absolute atomic E-state index is 0.0288. The van der Waals surface area contributed by atoms with Gasteiger partial charge in [-0.15, -0.1) is 0 Å². The van der Waals surface area contributed by atoms with Crippen LogP contribution < -0.4 is 0 Å². The van der Waals surface area contributed by atoms with Gasteiger partial charge in [-0.25, -0.2) is 4.79 Å². The summed E-state index contributed by atoms with van der Waals surface area (Å²) in [6.45, 7) is 1.32. The molecule has 0 aliphatic heterocycles. The van der Waals surface area contributed by atoms with Crippen LogP contribution in [0, 0.1) is 6.92 Å². The lowest BCUT2D eigenvalue weighted by Gasteiger charge is -2.47. The maximum atomic E-state index is 13.2. The van der Waals surface area contributed by atoms with Gasteiger partial charge in [-0.3, -0.25) is 14.4 Å². The maximum absolute atomic E-state index is 13.2. The zero-order valence-corrected chi connectivity index (χ0v) is 16.5. The zero-order chi connectivity index (χ0) is 23.9. The summed E-state index contributed by atoms with van der Waals surface area (Å²) in [6, 6.07) is 1.97. The van der Waals surface area contributed by atoms with Gasteiger partial charge in [0.2, 0.25) is 22.8 Å². The molecule has 0 spiro atoms. The Morgan fingerprint density at radius 1 is 1.06 bits per heavy atom. The number of fused-ring (bicyclic) bond motifs is 3. The lowest BCUT2D eigenvalue weighted by molar-refractivity contribution is -0.167. The number of ketones is 3. The summed E-state index contributed by atoms with van der Waals surface area (Å²) in [4.78, 5) is 50.3. The van der Waals surface area contributed by atoms with Crippen LogP contribution in [-0.4, -0.2) is 78.4 Å². The van der Waals surface area contributed by atoms with Crippen molar-refractivity contribution in [3.63, 3.8) is 0 Å². The van der Waals surface area contributed by atoms with Gasteiger partial charge in [0.05, 0.1) is 12.7 Å². The fourth-order valence-electron chi connectivity index (χ4n) is 4.38. The molecule has 0 saturated carbocycles. The summed E-state index contributed by atoms with van der Waals surface area (Å²) >= 11 is 0. The van der Waals surface area contributed by atoms with E-state index in [1.54, 1.807) is 0 Å². The Hall–Kier alpha value is -3.80. The molecule has 2 aromatic carbocycles. The van der Waals surface area contributed by atoms with Crippen molar-refractivity contribution in [3.05, 3.63) is 46.2 Å². The van der Waals surface area contributed by atoms with E-state index in [4.69, 9.17) is 0 Å². The molecule has 166 valence electrons. The van der Waals surface area contributed by atoms with Crippen molar-refractivity contribution in [1.29, 1.82) is 0 Å². The van der Waals surface area contributed by atoms with E-state index in [2.05, 4.69) is 4.74 Å². The van der Waals surface area contributed by atoms with Gasteiger partial charge in [0.1, 0.15) is 22.8 Å². The molecule has 6 N–H and O–H groups in total. The molecule has 11 heteroatoms. The minimum Gasteiger partial charge on any atom is -0.508 e. The Balaban J connectivity index is 2.15. The zero-order valence-electron chi connectivity index (χ0n) is 16.5. The first-order chi connectivity index (χ1) is 14.8. The predicted molar refractivity (Wildman–Crippen MR) is 104 cm³/mol. The van der Waals surface area contributed by atoms with Crippen LogP contribution in [-0.2, 0) is 9.53 Å². The molecule has 0 radical (unpaired) electrons. The molecule has 3 unspecified atom stereocenters. The molecule has 32 heavy (non-hydrogen) atoms. The molecular weight excluding hydrogens is 428 g/mol. The number of carbonyl (C=O) groups excluding carboxylic acids is 4. The molecule has 0 saturated heterocycles. The number of ether oxygens (including phenoxy) is 1. The van der Waals surface area contributed by atoms with Crippen molar-refractivity contribution in [1.82, 2.24) is 0 Å². The lowest BCUT2D eigenvalue weighted by atomic mass is 9.60. The largest absolute Gasteiger partial charge is 0.508 e. The smallest absolute Gasteiger partial charge is 0.341 e. The second-order valence-corrected chi connectivity index (χ2v) is 7.60. The highest BCUT2D eigenvalue weighted by Gasteiger charge is 2.72. The molecule has 0 bridgehead atoms. The second kappa shape index (κ2) is 6.36. The van der Waals surface area contributed by atoms with E-state index in [1.807, 2.05) is 0 Å². The van der Waals surface area contributed by atoms with Crippen LogP contribution in [0.5, 0.6) is 11.5 Å². The summed E-state index contributed by atoms with van der Waals surface area (Å²) in [5.74, 6) is -8.24. The molecule has 2 aromatic rings. The third-order valence-electron chi connectivity index (χ3n) is 6.03. The van der Waals surface area contributed by atoms with Gasteiger partial charge in [0, 0.05) is 17.0 Å². The Kier molecular flexibility index (Phi) is 4.26. The van der Waals surface area contributed by atoms with Gasteiger partial charge in [-0.2, -0.15) is 0 Å². The molecule has 0 fully saturated rings. The van der Waals surface area contributed by atoms with E-state index in [1.165, 1.54) is 6.92 Å². The Bertz CT molecular complexity index is 1320. The first-order valence-electron chi connectivity index (χ1n) is 9.11. The predicted octanol–water partition coefficient (Wildman–Crippen LogP) is -0.427. The van der Waals surface area contributed by atoms with Crippen LogP contribution in [0.2, 0.25) is 0 Å². The van der Waals surface area contributed by atoms with Gasteiger partial charge in [0.15, 0.2) is 11.9 Å². The molecule has 0 heterocycles. The first kappa shape index (κ1) is 21.4. The maximum Gasteiger partial charge on any atom is 0.341 e. The van der Waals surface area contributed by atoms with Crippen molar-refractivity contribution in [2.24, 2.45) is 0 Å². The van der Waals surface area contributed by atoms with Crippen LogP contribution in [0.1, 0.15) is 36.6 Å². The fourth-order valence-corrected chi connectivity index (χ4v) is 4.38. The van der Waals surface area contributed by atoms with Crippen LogP contribution in [0.4, 0.5) is 0 Å². The van der Waals surface area contributed by atoms with E-state index < -0.39 is 69.0 Å². The van der Waals surface area contributed by atoms with Gasteiger partial charge in [-0.05, 0) is 30.0 Å². The summed E-state index contributed by atoms with van der Waals surface area (Å²) < 4.78 is 4.60. The average Bonchev–Trinajstić information content (AvgIpc) is 2.73. The molecule has 2 aliphatic carbocycles. The van der Waals surface area contributed by atoms with E-state index in [-0.39, 0.29) is 21.9 Å². The van der Waals surface area contributed by atoms with Gasteiger partial charge in [-0.1, -0.05) is 0 Å². The lowest BCUT2D eigenvalue weighted by Crippen LogP contribution is -2.75. The molecular formula is C21H16O11. The number of phenols is 2. The van der Waals surface area contributed by atoms with Crippen LogP contribution in [0.15, 0.2) is 24.0 Å². The van der Waals surface area contributed by atoms with Gasteiger partial charge < -0.3 is 35.4 Å². The molecule has 3 atom stereocenters. The summed E-state index contributed by atoms with van der Waals surface area (Å²) in [5, 5.41) is 63.1. The third-order valence-corrected chi connectivity index (χ3v) is 6.03. The highest BCUT2D eigenvalue weighted by Crippen LogP contribution is 2.49. The first-order valence-corrected chi connectivity index (χ1v) is 9.11. The number of hydrogen-bond donors (Lipinski definition) is 6. The molecule has 11 nitrogen and oxygen atoms in total. The normalized spacial score (nSPS) is 27.1. The number of rotatable bonds is 1. The molecule has 0 aromatic heterocycles. The molecule has 4 rings (SSSR count). The quantitative estimate of drug-likeness (QED) is 0.312. The van der Waals surface area contributed by atoms with Crippen LogP contribution >= 0.6 is 0 Å². The fraction of sp³-hybridized carbons (Fsp3) is 0.238. The topological polar surface area (TPSA) is 199 Å². The third kappa shape index (κ3) is 2.19. The monoisotopic (exact) mass is 444 g/mol. The average molecular weight is 444 g/mol. The number of benzene rings is 2. The van der Waals surface area contributed by atoms with Crippen LogP contribution in [0.3, 0.4) is 0 Å². The number of aliphatic hydroxyl groups excluding tert-OH is 2. The number of aromatic hydroxyl groups is 2. The van der Waals surface area contributed by atoms with Gasteiger partial charge >= 0.3 is 5.97 Å². The Morgan fingerprint density at radius 2 is 1.69 bits per heavy atom.